The fourth-order valence-corrected chi connectivity index (χ4v) is 1.61. The van der Waals surface area contributed by atoms with Crippen LogP contribution in [0.5, 0.6) is 0 Å². The third-order valence-corrected chi connectivity index (χ3v) is 2.71. The molecule has 0 unspecified atom stereocenters. The summed E-state index contributed by atoms with van der Waals surface area (Å²) >= 11 is 0. The normalized spacial score (nSPS) is 11.1. The number of nitrogens with two attached hydrogens (primary N) is 1. The molecule has 0 spiro atoms. The molecule has 0 heterocycles. The Kier molecular flexibility index (Phi) is 4.59. The van der Waals surface area contributed by atoms with Gasteiger partial charge in [0.25, 0.3) is 5.91 Å². The Morgan fingerprint density at radius 2 is 2.00 bits per heavy atom. The number of carbonyl (C=O) groups excluding carboxylic acids is 1. The lowest BCUT2D eigenvalue weighted by molar-refractivity contribution is 0.0964. The number of nitrogens with one attached hydrogen (secondary N) is 2. The Bertz CT molecular complexity index is 422. The van der Waals surface area contributed by atoms with Gasteiger partial charge in [0.05, 0.1) is 5.56 Å². The third-order valence-electron chi connectivity index (χ3n) is 2.71. The van der Waals surface area contributed by atoms with Crippen molar-refractivity contribution in [2.45, 2.75) is 27.2 Å². The summed E-state index contributed by atoms with van der Waals surface area (Å²) in [5, 5.41) is 5.91. The maximum absolute atomic E-state index is 11.7. The number of benzene rings is 1. The van der Waals surface area contributed by atoms with Crippen LogP contribution >= 0.6 is 0 Å². The number of hydrogen-bond donors (Lipinski definition) is 3. The standard InChI is InChI=1S/C14H23N3O/c1-14(2,3)7-8-17-12-9-10(15)5-6-11(12)13(18)16-4/h5-6,9,17H,7-8,15H2,1-4H3,(H,16,18). The second-order valence-electron chi connectivity index (χ2n) is 5.62. The average molecular weight is 249 g/mol. The first kappa shape index (κ1) is 14.4. The number of anilines is 2. The highest BCUT2D eigenvalue weighted by molar-refractivity contribution is 6.00. The van der Waals surface area contributed by atoms with Crippen molar-refractivity contribution in [3.63, 3.8) is 0 Å². The smallest absolute Gasteiger partial charge is 0.253 e. The average Bonchev–Trinajstić information content (AvgIpc) is 2.26. The van der Waals surface area contributed by atoms with Crippen LogP contribution in [-0.2, 0) is 0 Å². The highest BCUT2D eigenvalue weighted by Gasteiger charge is 2.12. The maximum Gasteiger partial charge on any atom is 0.253 e. The van der Waals surface area contributed by atoms with Gasteiger partial charge in [-0.05, 0) is 30.0 Å². The molecule has 1 aromatic rings. The van der Waals surface area contributed by atoms with E-state index in [1.54, 1.807) is 25.2 Å². The molecule has 0 aliphatic rings. The predicted molar refractivity (Wildman–Crippen MR) is 76.8 cm³/mol. The molecule has 0 aliphatic carbocycles. The van der Waals surface area contributed by atoms with E-state index in [1.165, 1.54) is 0 Å². The van der Waals surface area contributed by atoms with Gasteiger partial charge in [0.2, 0.25) is 0 Å². The SMILES string of the molecule is CNC(=O)c1ccc(N)cc1NCCC(C)(C)C. The second kappa shape index (κ2) is 5.76. The Morgan fingerprint density at radius 1 is 1.33 bits per heavy atom. The van der Waals surface area contributed by atoms with E-state index in [1.807, 2.05) is 0 Å². The van der Waals surface area contributed by atoms with E-state index in [-0.39, 0.29) is 11.3 Å². The number of carbonyl (C=O) groups is 1. The quantitative estimate of drug-likeness (QED) is 0.718. The zero-order valence-electron chi connectivity index (χ0n) is 11.6. The van der Waals surface area contributed by atoms with Crippen LogP contribution in [0.25, 0.3) is 0 Å². The Labute approximate surface area is 109 Å². The Hall–Kier alpha value is -1.71. The minimum absolute atomic E-state index is 0.103. The summed E-state index contributed by atoms with van der Waals surface area (Å²) in [4.78, 5) is 11.7. The van der Waals surface area contributed by atoms with E-state index in [9.17, 15) is 4.79 Å². The molecule has 1 amide bonds. The first-order chi connectivity index (χ1) is 8.33. The molecule has 1 aromatic carbocycles. The van der Waals surface area contributed by atoms with Gasteiger partial charge in [0, 0.05) is 25.0 Å². The molecule has 4 heteroatoms. The molecule has 0 aromatic heterocycles. The van der Waals surface area contributed by atoms with E-state index < -0.39 is 0 Å². The lowest BCUT2D eigenvalue weighted by atomic mass is 9.92. The number of hydrogen-bond acceptors (Lipinski definition) is 3. The van der Waals surface area contributed by atoms with Crippen molar-refractivity contribution in [2.75, 3.05) is 24.6 Å². The minimum atomic E-state index is -0.103. The van der Waals surface area contributed by atoms with Crippen LogP contribution in [0.15, 0.2) is 18.2 Å². The van der Waals surface area contributed by atoms with Crippen molar-refractivity contribution in [1.29, 1.82) is 0 Å². The third kappa shape index (κ3) is 4.28. The van der Waals surface area contributed by atoms with Gasteiger partial charge in [-0.25, -0.2) is 0 Å². The van der Waals surface area contributed by atoms with Gasteiger partial charge < -0.3 is 16.4 Å². The molecule has 0 atom stereocenters. The molecule has 0 fully saturated rings. The summed E-state index contributed by atoms with van der Waals surface area (Å²) in [6.45, 7) is 7.38. The number of rotatable bonds is 4. The summed E-state index contributed by atoms with van der Waals surface area (Å²) in [6.07, 6.45) is 1.02. The summed E-state index contributed by atoms with van der Waals surface area (Å²) in [7, 11) is 1.62. The minimum Gasteiger partial charge on any atom is -0.399 e. The van der Waals surface area contributed by atoms with Crippen molar-refractivity contribution in [1.82, 2.24) is 5.32 Å². The molecule has 4 N–H and O–H groups in total. The molecule has 0 bridgehead atoms. The monoisotopic (exact) mass is 249 g/mol. The van der Waals surface area contributed by atoms with Crippen molar-refractivity contribution >= 4 is 17.3 Å². The lowest BCUT2D eigenvalue weighted by Crippen LogP contribution is -2.21. The molecular weight excluding hydrogens is 226 g/mol. The van der Waals surface area contributed by atoms with Crippen LogP contribution in [0.1, 0.15) is 37.6 Å². The summed E-state index contributed by atoms with van der Waals surface area (Å²) < 4.78 is 0. The fourth-order valence-electron chi connectivity index (χ4n) is 1.61. The van der Waals surface area contributed by atoms with E-state index in [4.69, 9.17) is 5.73 Å². The number of nitrogen functional groups attached to an aromatic ring is 1. The summed E-state index contributed by atoms with van der Waals surface area (Å²) in [5.41, 5.74) is 8.09. The molecule has 4 nitrogen and oxygen atoms in total. The van der Waals surface area contributed by atoms with Gasteiger partial charge in [-0.2, -0.15) is 0 Å². The van der Waals surface area contributed by atoms with Crippen LogP contribution in [-0.4, -0.2) is 19.5 Å². The lowest BCUT2D eigenvalue weighted by Gasteiger charge is -2.19. The Morgan fingerprint density at radius 3 is 2.56 bits per heavy atom. The number of amides is 1. The first-order valence-corrected chi connectivity index (χ1v) is 6.19. The van der Waals surface area contributed by atoms with Gasteiger partial charge in [-0.15, -0.1) is 0 Å². The molecule has 18 heavy (non-hydrogen) atoms. The molecule has 1 rings (SSSR count). The Balaban J connectivity index is 2.80. The van der Waals surface area contributed by atoms with E-state index in [0.717, 1.165) is 18.7 Å². The zero-order valence-corrected chi connectivity index (χ0v) is 11.6. The largest absolute Gasteiger partial charge is 0.399 e. The van der Waals surface area contributed by atoms with Crippen molar-refractivity contribution in [3.8, 4) is 0 Å². The van der Waals surface area contributed by atoms with Gasteiger partial charge in [0.1, 0.15) is 0 Å². The molecule has 0 saturated carbocycles. The summed E-state index contributed by atoms with van der Waals surface area (Å²) in [5.74, 6) is -0.103. The van der Waals surface area contributed by atoms with E-state index in [2.05, 4.69) is 31.4 Å². The van der Waals surface area contributed by atoms with Gasteiger partial charge in [0.15, 0.2) is 0 Å². The van der Waals surface area contributed by atoms with Gasteiger partial charge in [-0.3, -0.25) is 4.79 Å². The fraction of sp³-hybridized carbons (Fsp3) is 0.500. The molecule has 0 saturated heterocycles. The van der Waals surface area contributed by atoms with Crippen LogP contribution in [0.3, 0.4) is 0 Å². The first-order valence-electron chi connectivity index (χ1n) is 6.19. The molecule has 0 radical (unpaired) electrons. The topological polar surface area (TPSA) is 67.2 Å². The molecule has 0 aliphatic heterocycles. The van der Waals surface area contributed by atoms with Crippen LogP contribution in [0, 0.1) is 5.41 Å². The van der Waals surface area contributed by atoms with Crippen LogP contribution < -0.4 is 16.4 Å². The van der Waals surface area contributed by atoms with Gasteiger partial charge in [-0.1, -0.05) is 20.8 Å². The van der Waals surface area contributed by atoms with Gasteiger partial charge >= 0.3 is 0 Å². The van der Waals surface area contributed by atoms with Crippen molar-refractivity contribution < 1.29 is 4.79 Å². The highest BCUT2D eigenvalue weighted by Crippen LogP contribution is 2.22. The van der Waals surface area contributed by atoms with Crippen LogP contribution in [0.2, 0.25) is 0 Å². The van der Waals surface area contributed by atoms with Crippen molar-refractivity contribution in [3.05, 3.63) is 23.8 Å². The predicted octanol–water partition coefficient (Wildman–Crippen LogP) is 2.48. The van der Waals surface area contributed by atoms with E-state index in [0.29, 0.717) is 11.3 Å². The highest BCUT2D eigenvalue weighted by atomic mass is 16.1. The summed E-state index contributed by atoms with van der Waals surface area (Å²) in [6, 6.07) is 5.28. The second-order valence-corrected chi connectivity index (χ2v) is 5.62. The van der Waals surface area contributed by atoms with E-state index >= 15 is 0 Å². The van der Waals surface area contributed by atoms with Crippen molar-refractivity contribution in [2.24, 2.45) is 5.41 Å². The zero-order chi connectivity index (χ0) is 13.8. The maximum atomic E-state index is 11.7. The van der Waals surface area contributed by atoms with Crippen LogP contribution in [0.4, 0.5) is 11.4 Å². The molecule has 100 valence electrons. The molecular formula is C14H23N3O.